The fourth-order valence-corrected chi connectivity index (χ4v) is 10.8. The minimum absolute atomic E-state index is 0.597. The van der Waals surface area contributed by atoms with Crippen LogP contribution in [-0.2, 0) is 45.7 Å². The summed E-state index contributed by atoms with van der Waals surface area (Å²) in [6, 6.07) is 0. The van der Waals surface area contributed by atoms with Gasteiger partial charge in [-0.1, -0.05) is 0 Å². The smallest absolute Gasteiger partial charge is 0.329 e. The third-order valence-corrected chi connectivity index (χ3v) is 16.9. The normalized spacial score (nSPS) is 12.8. The van der Waals surface area contributed by atoms with E-state index in [-0.39, 0.29) is 0 Å². The van der Waals surface area contributed by atoms with Crippen molar-refractivity contribution in [2.24, 2.45) is 22.9 Å². The highest BCUT2D eigenvalue weighted by atomic mass is 31.3. The molecule has 0 aliphatic rings. The number of hydrogen-bond acceptors (Lipinski definition) is 14. The molecule has 0 spiro atoms. The molecule has 34 nitrogen and oxygen atoms in total. The summed E-state index contributed by atoms with van der Waals surface area (Å²) in [5.74, 6) is -6.88. The van der Waals surface area contributed by atoms with Crippen LogP contribution in [0.4, 0.5) is 0 Å². The average Bonchev–Trinajstić information content (AvgIpc) is 2.68. The molecule has 0 rings (SSSR count). The molecular weight excluding hydrogens is 954 g/mol. The van der Waals surface area contributed by atoms with Crippen molar-refractivity contribution in [2.45, 2.75) is 0 Å². The molecule has 53 heavy (non-hydrogen) atoms. The number of nitrogens with two attached hydrogens (primary N) is 4. The SMILES string of the molecule is NCCN.NCCN.O=P(O)(O)CP(=O)(O)O.O=P(O)(O)CP(=O)(O)O.O=P(O)(O)CP(=O)(O)O.O=P(O)(O)CP(=O)(O)O.O=P(O)(O)CP(=O)(O)O. The molecular formula is C9H46N4O30P10. The molecule has 0 saturated heterocycles. The molecule has 0 radical (unpaired) electrons. The lowest BCUT2D eigenvalue weighted by molar-refractivity contribution is 0.352. The Hall–Kier alpha value is 1.34. The lowest BCUT2D eigenvalue weighted by atomic mass is 10.7. The predicted molar refractivity (Wildman–Crippen MR) is 181 cm³/mol. The lowest BCUT2D eigenvalue weighted by Crippen LogP contribution is -2.11. The van der Waals surface area contributed by atoms with Gasteiger partial charge in [-0.3, -0.25) is 45.7 Å². The van der Waals surface area contributed by atoms with Gasteiger partial charge in [0, 0.05) is 26.2 Å². The monoisotopic (exact) mass is 1000 g/mol. The fourth-order valence-electron chi connectivity index (χ4n) is 1.20. The zero-order valence-electron chi connectivity index (χ0n) is 26.2. The van der Waals surface area contributed by atoms with Crippen molar-refractivity contribution in [3.8, 4) is 0 Å². The Labute approximate surface area is 298 Å². The summed E-state index contributed by atoms with van der Waals surface area (Å²) < 4.78 is 98.5. The molecule has 44 heteroatoms. The Balaban J connectivity index is -0.0000000949. The van der Waals surface area contributed by atoms with Gasteiger partial charge in [0.1, 0.15) is 0 Å². The van der Waals surface area contributed by atoms with Gasteiger partial charge in [-0.2, -0.15) is 0 Å². The van der Waals surface area contributed by atoms with E-state index in [1.807, 2.05) is 0 Å². The Morgan fingerprint density at radius 2 is 0.264 bits per heavy atom. The highest BCUT2D eigenvalue weighted by Gasteiger charge is 2.29. The molecule has 0 heterocycles. The van der Waals surface area contributed by atoms with Crippen LogP contribution in [0.15, 0.2) is 0 Å². The van der Waals surface area contributed by atoms with E-state index < -0.39 is 105 Å². The van der Waals surface area contributed by atoms with Crippen LogP contribution < -0.4 is 22.9 Å². The first-order chi connectivity index (χ1) is 22.4. The molecule has 28 N–H and O–H groups in total. The second-order valence-corrected chi connectivity index (χ2v) is 27.5. The maximum Gasteiger partial charge on any atom is 0.337 e. The second kappa shape index (κ2) is 29.5. The van der Waals surface area contributed by atoms with Gasteiger partial charge in [0.25, 0.3) is 0 Å². The summed E-state index contributed by atoms with van der Waals surface area (Å²) >= 11 is 0. The molecule has 0 bridgehead atoms. The molecule has 0 aromatic carbocycles. The van der Waals surface area contributed by atoms with E-state index in [1.54, 1.807) is 0 Å². The van der Waals surface area contributed by atoms with Crippen LogP contribution in [0.2, 0.25) is 0 Å². The molecule has 0 aromatic rings. The van der Waals surface area contributed by atoms with Gasteiger partial charge in [-0.25, -0.2) is 0 Å². The average molecular weight is 1000 g/mol. The Bertz CT molecular complexity index is 1090. The highest BCUT2D eigenvalue weighted by molar-refractivity contribution is 7.71. The van der Waals surface area contributed by atoms with Gasteiger partial charge in [0.2, 0.25) is 0 Å². The topological polar surface area (TPSA) is 679 Å². The summed E-state index contributed by atoms with van der Waals surface area (Å²) in [5, 5.41) is 0. The van der Waals surface area contributed by atoms with Crippen LogP contribution in [0.3, 0.4) is 0 Å². The Morgan fingerprint density at radius 3 is 0.264 bits per heavy atom. The Kier molecular flexibility index (Phi) is 38.4. The molecule has 0 aliphatic carbocycles. The first kappa shape index (κ1) is 69.0. The summed E-state index contributed by atoms with van der Waals surface area (Å²) in [6.45, 7) is 2.39. The van der Waals surface area contributed by atoms with Gasteiger partial charge >= 0.3 is 76.0 Å². The van der Waals surface area contributed by atoms with Crippen LogP contribution in [0.25, 0.3) is 0 Å². The third-order valence-electron chi connectivity index (χ3n) is 2.18. The van der Waals surface area contributed by atoms with Crippen molar-refractivity contribution in [3.05, 3.63) is 0 Å². The molecule has 0 amide bonds. The Morgan fingerprint density at radius 1 is 0.208 bits per heavy atom. The van der Waals surface area contributed by atoms with E-state index in [9.17, 15) is 45.7 Å². The van der Waals surface area contributed by atoms with E-state index in [4.69, 9.17) is 121 Å². The molecule has 332 valence electrons. The van der Waals surface area contributed by atoms with Crippen LogP contribution >= 0.6 is 76.0 Å². The third kappa shape index (κ3) is 126. The lowest BCUT2D eigenvalue weighted by Gasteiger charge is -2.03. The summed E-state index contributed by atoms with van der Waals surface area (Å²) in [6.07, 6.45) is 0. The van der Waals surface area contributed by atoms with E-state index in [1.165, 1.54) is 0 Å². The minimum atomic E-state index is -4.55. The standard InChI is InChI=1S/2C2H8N2.5CH6O6P2/c2*3-1-2-4;5*2-8(3,4)1-9(5,6)7/h2*1-4H2;5*1H2,(H2,2,3,4)(H2,5,6,7). The number of hydrogen-bond donors (Lipinski definition) is 24. The van der Waals surface area contributed by atoms with Gasteiger partial charge in [-0.05, 0) is 0 Å². The molecule has 0 fully saturated rings. The van der Waals surface area contributed by atoms with Gasteiger partial charge in [-0.15, -0.1) is 0 Å². The number of rotatable bonds is 12. The van der Waals surface area contributed by atoms with Crippen molar-refractivity contribution in [2.75, 3.05) is 55.7 Å². The van der Waals surface area contributed by atoms with Crippen molar-refractivity contribution in [3.63, 3.8) is 0 Å². The summed E-state index contributed by atoms with van der Waals surface area (Å²) in [5.41, 5.74) is 19.6. The zero-order valence-corrected chi connectivity index (χ0v) is 35.1. The van der Waals surface area contributed by atoms with Gasteiger partial charge in [0.05, 0.1) is 0 Å². The van der Waals surface area contributed by atoms with Crippen molar-refractivity contribution in [1.82, 2.24) is 0 Å². The van der Waals surface area contributed by atoms with Gasteiger partial charge < -0.3 is 121 Å². The van der Waals surface area contributed by atoms with Crippen molar-refractivity contribution < 1.29 is 144 Å². The second-order valence-electron chi connectivity index (χ2n) is 8.51. The van der Waals surface area contributed by atoms with E-state index >= 15 is 0 Å². The molecule has 0 unspecified atom stereocenters. The molecule has 0 atom stereocenters. The maximum atomic E-state index is 9.85. The van der Waals surface area contributed by atoms with Gasteiger partial charge in [0.15, 0.2) is 29.5 Å². The molecule has 0 aliphatic heterocycles. The zero-order chi connectivity index (χ0) is 45.4. The van der Waals surface area contributed by atoms with Crippen LogP contribution in [0.1, 0.15) is 0 Å². The molecule has 0 aromatic heterocycles. The van der Waals surface area contributed by atoms with E-state index in [0.717, 1.165) is 0 Å². The minimum Gasteiger partial charge on any atom is -0.329 e. The highest BCUT2D eigenvalue weighted by Crippen LogP contribution is 2.54. The summed E-state index contributed by atoms with van der Waals surface area (Å²) in [7, 11) is -45.5. The largest absolute Gasteiger partial charge is 0.337 e. The summed E-state index contributed by atoms with van der Waals surface area (Å²) in [4.78, 5) is 159. The van der Waals surface area contributed by atoms with E-state index in [0.29, 0.717) is 26.2 Å². The predicted octanol–water partition coefficient (Wildman–Crippen LogP) is -5.70. The van der Waals surface area contributed by atoms with Crippen LogP contribution in [-0.4, -0.2) is 154 Å². The van der Waals surface area contributed by atoms with Crippen LogP contribution in [0.5, 0.6) is 0 Å². The first-order valence-electron chi connectivity index (χ1n) is 11.6. The fraction of sp³-hybridized carbons (Fsp3) is 1.00. The van der Waals surface area contributed by atoms with Crippen molar-refractivity contribution >= 4 is 76.0 Å². The van der Waals surface area contributed by atoms with Crippen LogP contribution in [0, 0.1) is 0 Å². The maximum absolute atomic E-state index is 9.85. The van der Waals surface area contributed by atoms with E-state index in [2.05, 4.69) is 0 Å². The quantitative estimate of drug-likeness (QED) is 0.0810. The first-order valence-corrected chi connectivity index (χ1v) is 29.6. The van der Waals surface area contributed by atoms with Crippen molar-refractivity contribution in [1.29, 1.82) is 0 Å². The molecule has 0 saturated carbocycles.